The van der Waals surface area contributed by atoms with Gasteiger partial charge in [-0.2, -0.15) is 0 Å². The summed E-state index contributed by atoms with van der Waals surface area (Å²) in [5.74, 6) is 7.11. The summed E-state index contributed by atoms with van der Waals surface area (Å²) in [6.45, 7) is 4.22. The van der Waals surface area contributed by atoms with Gasteiger partial charge in [0, 0.05) is 17.3 Å². The van der Waals surface area contributed by atoms with Crippen molar-refractivity contribution in [1.82, 2.24) is 9.97 Å². The molecule has 5 nitrogen and oxygen atoms in total. The van der Waals surface area contributed by atoms with E-state index in [0.29, 0.717) is 11.9 Å². The van der Waals surface area contributed by atoms with Crippen LogP contribution in [0.25, 0.3) is 0 Å². The Balaban J connectivity index is 2.14. The Morgan fingerprint density at radius 3 is 2.90 bits per heavy atom. The smallest absolute Gasteiger partial charge is 0.148 e. The lowest BCUT2D eigenvalue weighted by Gasteiger charge is -2.37. The fourth-order valence-corrected chi connectivity index (χ4v) is 2.84. The molecule has 20 heavy (non-hydrogen) atoms. The maximum absolute atomic E-state index is 5.52. The van der Waals surface area contributed by atoms with E-state index in [1.54, 1.807) is 6.33 Å². The molecule has 0 fully saturated rings. The van der Waals surface area contributed by atoms with Gasteiger partial charge in [0.2, 0.25) is 0 Å². The number of hydrogen-bond acceptors (Lipinski definition) is 5. The van der Waals surface area contributed by atoms with E-state index < -0.39 is 0 Å². The summed E-state index contributed by atoms with van der Waals surface area (Å²) in [4.78, 5) is 10.9. The Morgan fingerprint density at radius 2 is 2.10 bits per heavy atom. The number of benzene rings is 1. The van der Waals surface area contributed by atoms with Crippen LogP contribution in [0.5, 0.6) is 0 Å². The third-order valence-corrected chi connectivity index (χ3v) is 3.95. The second-order valence-corrected chi connectivity index (χ2v) is 5.20. The molecule has 1 unspecified atom stereocenters. The van der Waals surface area contributed by atoms with Crippen LogP contribution >= 0.6 is 0 Å². The molecule has 2 heterocycles. The third-order valence-electron chi connectivity index (χ3n) is 3.95. The molecule has 2 aromatic rings. The van der Waals surface area contributed by atoms with Crippen molar-refractivity contribution in [3.63, 3.8) is 0 Å². The van der Waals surface area contributed by atoms with E-state index in [1.807, 2.05) is 6.92 Å². The monoisotopic (exact) mass is 269 g/mol. The van der Waals surface area contributed by atoms with Gasteiger partial charge in [-0.05, 0) is 38.3 Å². The molecule has 1 aliphatic heterocycles. The molecule has 1 atom stereocenters. The summed E-state index contributed by atoms with van der Waals surface area (Å²) in [6, 6.07) is 8.91. The molecule has 0 aliphatic carbocycles. The minimum absolute atomic E-state index is 0.407. The number of aromatic nitrogens is 2. The molecule has 0 bridgehead atoms. The zero-order valence-electron chi connectivity index (χ0n) is 11.8. The molecular weight excluding hydrogens is 250 g/mol. The summed E-state index contributed by atoms with van der Waals surface area (Å²) in [6.07, 6.45) is 3.78. The van der Waals surface area contributed by atoms with Crippen LogP contribution in [0.3, 0.4) is 0 Å². The number of nitrogens with one attached hydrogen (secondary N) is 1. The van der Waals surface area contributed by atoms with Crippen molar-refractivity contribution in [3.05, 3.63) is 41.7 Å². The van der Waals surface area contributed by atoms with Crippen LogP contribution in [0.4, 0.5) is 17.3 Å². The number of para-hydroxylation sites is 1. The van der Waals surface area contributed by atoms with Crippen LogP contribution in [0.2, 0.25) is 0 Å². The lowest BCUT2D eigenvalue weighted by molar-refractivity contribution is 0.612. The normalized spacial score (nSPS) is 17.8. The standard InChI is InChI=1S/C15H19N5/c1-10-7-8-12-5-3-4-6-13(12)20(10)15-11(2)14(19-16)17-9-18-15/h3-6,9-10H,7-8,16H2,1-2H3,(H,17,18,19). The number of hydrogen-bond donors (Lipinski definition) is 2. The second-order valence-electron chi connectivity index (χ2n) is 5.20. The van der Waals surface area contributed by atoms with E-state index in [-0.39, 0.29) is 0 Å². The van der Waals surface area contributed by atoms with Crippen LogP contribution in [-0.4, -0.2) is 16.0 Å². The topological polar surface area (TPSA) is 67.1 Å². The van der Waals surface area contributed by atoms with Crippen molar-refractivity contribution in [2.45, 2.75) is 32.7 Å². The Bertz CT molecular complexity index is 625. The number of rotatable bonds is 2. The number of nitrogens with two attached hydrogens (primary N) is 1. The highest BCUT2D eigenvalue weighted by atomic mass is 15.3. The average Bonchev–Trinajstić information content (AvgIpc) is 2.48. The molecule has 0 radical (unpaired) electrons. The fourth-order valence-electron chi connectivity index (χ4n) is 2.84. The number of aryl methyl sites for hydroxylation is 1. The van der Waals surface area contributed by atoms with Crippen molar-refractivity contribution in [2.24, 2.45) is 5.84 Å². The number of nitrogens with zero attached hydrogens (tertiary/aromatic N) is 3. The van der Waals surface area contributed by atoms with Gasteiger partial charge in [0.25, 0.3) is 0 Å². The van der Waals surface area contributed by atoms with E-state index in [9.17, 15) is 0 Å². The van der Waals surface area contributed by atoms with Gasteiger partial charge < -0.3 is 10.3 Å². The SMILES string of the molecule is Cc1c(NN)ncnc1N1c2ccccc2CCC1C. The first kappa shape index (κ1) is 12.9. The first-order valence-electron chi connectivity index (χ1n) is 6.87. The van der Waals surface area contributed by atoms with Crippen molar-refractivity contribution in [3.8, 4) is 0 Å². The molecule has 0 saturated heterocycles. The Hall–Kier alpha value is -2.14. The van der Waals surface area contributed by atoms with Gasteiger partial charge in [-0.15, -0.1) is 0 Å². The molecule has 0 saturated carbocycles. The minimum Gasteiger partial charge on any atom is -0.323 e. The second kappa shape index (κ2) is 5.09. The van der Waals surface area contributed by atoms with Gasteiger partial charge >= 0.3 is 0 Å². The lowest BCUT2D eigenvalue weighted by atomic mass is 9.96. The van der Waals surface area contributed by atoms with Crippen LogP contribution < -0.4 is 16.2 Å². The number of anilines is 3. The Labute approximate surface area is 118 Å². The maximum Gasteiger partial charge on any atom is 0.148 e. The quantitative estimate of drug-likeness (QED) is 0.648. The summed E-state index contributed by atoms with van der Waals surface area (Å²) in [5.41, 5.74) is 6.21. The third kappa shape index (κ3) is 2.00. The molecule has 3 N–H and O–H groups in total. The molecule has 1 aromatic heterocycles. The molecule has 1 aromatic carbocycles. The predicted molar refractivity (Wildman–Crippen MR) is 80.9 cm³/mol. The van der Waals surface area contributed by atoms with Crippen LogP contribution in [-0.2, 0) is 6.42 Å². The maximum atomic E-state index is 5.52. The summed E-state index contributed by atoms with van der Waals surface area (Å²) in [7, 11) is 0. The van der Waals surface area contributed by atoms with Gasteiger partial charge in [-0.3, -0.25) is 0 Å². The Kier molecular flexibility index (Phi) is 3.28. The largest absolute Gasteiger partial charge is 0.323 e. The zero-order valence-corrected chi connectivity index (χ0v) is 11.8. The fraction of sp³-hybridized carbons (Fsp3) is 0.333. The minimum atomic E-state index is 0.407. The van der Waals surface area contributed by atoms with E-state index in [1.165, 1.54) is 11.3 Å². The zero-order chi connectivity index (χ0) is 14.1. The van der Waals surface area contributed by atoms with Gasteiger partial charge in [0.1, 0.15) is 18.0 Å². The average molecular weight is 269 g/mol. The highest BCUT2D eigenvalue weighted by molar-refractivity contribution is 5.71. The van der Waals surface area contributed by atoms with Gasteiger partial charge in [0.15, 0.2) is 0 Å². The van der Waals surface area contributed by atoms with Gasteiger partial charge in [0.05, 0.1) is 0 Å². The van der Waals surface area contributed by atoms with Crippen molar-refractivity contribution >= 4 is 17.3 Å². The number of fused-ring (bicyclic) bond motifs is 1. The first-order valence-corrected chi connectivity index (χ1v) is 6.87. The molecule has 1 aliphatic rings. The summed E-state index contributed by atoms with van der Waals surface area (Å²) in [5, 5.41) is 0. The predicted octanol–water partition coefficient (Wildman–Crippen LogP) is 2.54. The Morgan fingerprint density at radius 1 is 1.30 bits per heavy atom. The molecule has 0 amide bonds. The molecule has 0 spiro atoms. The molecule has 104 valence electrons. The summed E-state index contributed by atoms with van der Waals surface area (Å²) < 4.78 is 0. The number of hydrazine groups is 1. The van der Waals surface area contributed by atoms with E-state index in [2.05, 4.69) is 51.5 Å². The number of nitrogen functional groups attached to an aromatic ring is 1. The van der Waals surface area contributed by atoms with Gasteiger partial charge in [-0.25, -0.2) is 15.8 Å². The highest BCUT2D eigenvalue weighted by Gasteiger charge is 2.26. The van der Waals surface area contributed by atoms with Crippen LogP contribution in [0, 0.1) is 6.92 Å². The van der Waals surface area contributed by atoms with E-state index in [0.717, 1.165) is 24.2 Å². The van der Waals surface area contributed by atoms with Crippen LogP contribution in [0.15, 0.2) is 30.6 Å². The first-order chi connectivity index (χ1) is 9.72. The molecule has 5 heteroatoms. The van der Waals surface area contributed by atoms with Crippen molar-refractivity contribution < 1.29 is 0 Å². The van der Waals surface area contributed by atoms with Crippen molar-refractivity contribution in [2.75, 3.05) is 10.3 Å². The highest BCUT2D eigenvalue weighted by Crippen LogP contribution is 2.37. The molecule has 3 rings (SSSR count). The van der Waals surface area contributed by atoms with E-state index in [4.69, 9.17) is 5.84 Å². The van der Waals surface area contributed by atoms with Gasteiger partial charge in [-0.1, -0.05) is 18.2 Å². The lowest BCUT2D eigenvalue weighted by Crippen LogP contribution is -2.34. The summed E-state index contributed by atoms with van der Waals surface area (Å²) >= 11 is 0. The van der Waals surface area contributed by atoms with Crippen molar-refractivity contribution in [1.29, 1.82) is 0 Å². The van der Waals surface area contributed by atoms with Crippen LogP contribution in [0.1, 0.15) is 24.5 Å². The van der Waals surface area contributed by atoms with E-state index >= 15 is 0 Å². The molecular formula is C15H19N5.